The Balaban J connectivity index is 1.15. The van der Waals surface area contributed by atoms with Crippen LogP contribution < -0.4 is 10.6 Å². The van der Waals surface area contributed by atoms with Gasteiger partial charge in [0, 0.05) is 47.4 Å². The highest BCUT2D eigenvalue weighted by Crippen LogP contribution is 2.25. The largest absolute Gasteiger partial charge is 0.361 e. The van der Waals surface area contributed by atoms with Crippen molar-refractivity contribution in [2.24, 2.45) is 0 Å². The number of benzene rings is 3. The summed E-state index contributed by atoms with van der Waals surface area (Å²) in [6.07, 6.45) is 2.76. The number of hydrogen-bond donors (Lipinski definition) is 2. The summed E-state index contributed by atoms with van der Waals surface area (Å²) in [5.74, 6) is 0.352. The van der Waals surface area contributed by atoms with E-state index in [0.717, 1.165) is 34.9 Å². The van der Waals surface area contributed by atoms with Crippen molar-refractivity contribution in [2.45, 2.75) is 33.4 Å². The van der Waals surface area contributed by atoms with Gasteiger partial charge in [-0.25, -0.2) is 4.98 Å². The minimum atomic E-state index is -0.300. The van der Waals surface area contributed by atoms with E-state index in [4.69, 9.17) is 16.1 Å². The molecule has 0 bridgehead atoms. The third kappa shape index (κ3) is 5.51. The summed E-state index contributed by atoms with van der Waals surface area (Å²) in [7, 11) is 0. The summed E-state index contributed by atoms with van der Waals surface area (Å²) in [5.41, 5.74) is 5.35. The van der Waals surface area contributed by atoms with E-state index in [1.807, 2.05) is 77.5 Å². The smallest absolute Gasteiger partial charge is 0.291 e. The van der Waals surface area contributed by atoms with Crippen LogP contribution in [0, 0.1) is 13.8 Å². The number of hydrogen-bond acceptors (Lipinski definition) is 5. The number of nitrogens with one attached hydrogen (secondary N) is 2. The molecule has 0 radical (unpaired) electrons. The number of nitrogens with zero attached hydrogens (tertiary/aromatic N) is 4. The number of rotatable bonds is 9. The van der Waals surface area contributed by atoms with E-state index < -0.39 is 0 Å². The zero-order chi connectivity index (χ0) is 29.2. The van der Waals surface area contributed by atoms with Gasteiger partial charge in [0.25, 0.3) is 11.8 Å². The highest BCUT2D eigenvalue weighted by Gasteiger charge is 2.19. The van der Waals surface area contributed by atoms with Crippen LogP contribution in [-0.4, -0.2) is 37.6 Å². The molecule has 0 aliphatic carbocycles. The molecule has 3 heterocycles. The van der Waals surface area contributed by atoms with E-state index in [2.05, 4.69) is 25.3 Å². The number of anilines is 1. The van der Waals surface area contributed by atoms with E-state index >= 15 is 0 Å². The molecule has 0 saturated heterocycles. The molecule has 0 spiro atoms. The number of aryl methyl sites for hydroxylation is 3. The molecule has 0 aliphatic heterocycles. The van der Waals surface area contributed by atoms with Crippen LogP contribution in [0.25, 0.3) is 21.9 Å². The van der Waals surface area contributed by atoms with Crippen molar-refractivity contribution in [2.75, 3.05) is 11.9 Å². The lowest BCUT2D eigenvalue weighted by atomic mass is 10.2. The fraction of sp³-hybridized carbons (Fsp3) is 0.188. The van der Waals surface area contributed by atoms with Gasteiger partial charge in [0.05, 0.1) is 16.7 Å². The standard InChI is InChI=1S/C32H29ClN6O3/c1-20-29(21(2)42-37-20)31(40)34-14-6-15-38-16-13-23-17-25(10-12-27(23)38)35-32(41)30-36-26-11-9-24(33)18-28(26)39(30)19-22-7-4-3-5-8-22/h3-5,7-13,16-18H,6,14-15,19H2,1-2H3,(H,34,40)(H,35,41). The van der Waals surface area contributed by atoms with Crippen LogP contribution in [0.2, 0.25) is 5.02 Å². The van der Waals surface area contributed by atoms with Crippen LogP contribution in [0.1, 0.15) is 44.4 Å². The lowest BCUT2D eigenvalue weighted by Crippen LogP contribution is -2.26. The molecule has 42 heavy (non-hydrogen) atoms. The molecule has 6 aromatic rings. The molecule has 2 N–H and O–H groups in total. The number of aromatic nitrogens is 4. The third-order valence-corrected chi connectivity index (χ3v) is 7.48. The predicted octanol–water partition coefficient (Wildman–Crippen LogP) is 6.37. The zero-order valence-electron chi connectivity index (χ0n) is 23.2. The Labute approximate surface area is 247 Å². The van der Waals surface area contributed by atoms with Crippen LogP contribution in [-0.2, 0) is 13.1 Å². The second-order valence-corrected chi connectivity index (χ2v) is 10.6. The fourth-order valence-corrected chi connectivity index (χ4v) is 5.37. The SMILES string of the molecule is Cc1noc(C)c1C(=O)NCCCn1ccc2cc(NC(=O)c3nc4ccc(Cl)cc4n3Cc3ccccc3)ccc21. The Morgan fingerprint density at radius 1 is 0.952 bits per heavy atom. The average Bonchev–Trinajstić information content (AvgIpc) is 3.66. The highest BCUT2D eigenvalue weighted by molar-refractivity contribution is 6.31. The summed E-state index contributed by atoms with van der Waals surface area (Å²) in [6.45, 7) is 5.22. The van der Waals surface area contributed by atoms with Crippen molar-refractivity contribution in [3.8, 4) is 0 Å². The monoisotopic (exact) mass is 580 g/mol. The first-order valence-corrected chi connectivity index (χ1v) is 14.1. The molecule has 6 rings (SSSR count). The number of fused-ring (bicyclic) bond motifs is 2. The van der Waals surface area contributed by atoms with Crippen LogP contribution in [0.3, 0.4) is 0 Å². The molecule has 0 aliphatic rings. The number of halogens is 1. The lowest BCUT2D eigenvalue weighted by Gasteiger charge is -2.11. The molecule has 3 aromatic carbocycles. The van der Waals surface area contributed by atoms with E-state index in [1.165, 1.54) is 0 Å². The zero-order valence-corrected chi connectivity index (χ0v) is 24.0. The minimum absolute atomic E-state index is 0.176. The molecular formula is C32H29ClN6O3. The maximum absolute atomic E-state index is 13.5. The molecule has 3 aromatic heterocycles. The molecule has 9 nitrogen and oxygen atoms in total. The van der Waals surface area contributed by atoms with Gasteiger partial charge in [0.15, 0.2) is 0 Å². The number of carbonyl (C=O) groups excluding carboxylic acids is 2. The van der Waals surface area contributed by atoms with Crippen LogP contribution in [0.4, 0.5) is 5.69 Å². The van der Waals surface area contributed by atoms with Crippen molar-refractivity contribution >= 4 is 51.0 Å². The Bertz CT molecular complexity index is 1900. The molecule has 0 saturated carbocycles. The summed E-state index contributed by atoms with van der Waals surface area (Å²) in [4.78, 5) is 30.6. The van der Waals surface area contributed by atoms with E-state index in [1.54, 1.807) is 19.9 Å². The van der Waals surface area contributed by atoms with Crippen molar-refractivity contribution < 1.29 is 14.1 Å². The van der Waals surface area contributed by atoms with Crippen LogP contribution >= 0.6 is 11.6 Å². The summed E-state index contributed by atoms with van der Waals surface area (Å²) in [6, 6.07) is 23.2. The molecule has 0 atom stereocenters. The number of imidazole rings is 1. The first-order valence-electron chi connectivity index (χ1n) is 13.7. The summed E-state index contributed by atoms with van der Waals surface area (Å²) < 4.78 is 9.11. The molecule has 0 unspecified atom stereocenters. The van der Waals surface area contributed by atoms with E-state index in [0.29, 0.717) is 52.2 Å². The maximum Gasteiger partial charge on any atom is 0.291 e. The van der Waals surface area contributed by atoms with Gasteiger partial charge in [-0.05, 0) is 68.3 Å². The average molecular weight is 581 g/mol. The second-order valence-electron chi connectivity index (χ2n) is 10.2. The van der Waals surface area contributed by atoms with Crippen molar-refractivity contribution in [1.29, 1.82) is 0 Å². The normalized spacial score (nSPS) is 11.3. The maximum atomic E-state index is 13.5. The fourth-order valence-electron chi connectivity index (χ4n) is 5.20. The molecule has 10 heteroatoms. The Hall–Kier alpha value is -4.89. The first kappa shape index (κ1) is 27.3. The van der Waals surface area contributed by atoms with Gasteiger partial charge in [-0.3, -0.25) is 9.59 Å². The van der Waals surface area contributed by atoms with Crippen molar-refractivity contribution in [3.63, 3.8) is 0 Å². The van der Waals surface area contributed by atoms with Gasteiger partial charge in [0.1, 0.15) is 11.3 Å². The summed E-state index contributed by atoms with van der Waals surface area (Å²) in [5, 5.41) is 11.4. The minimum Gasteiger partial charge on any atom is -0.361 e. The molecule has 2 amide bonds. The third-order valence-electron chi connectivity index (χ3n) is 7.25. The topological polar surface area (TPSA) is 107 Å². The van der Waals surface area contributed by atoms with Crippen LogP contribution in [0.5, 0.6) is 0 Å². The van der Waals surface area contributed by atoms with Gasteiger partial charge >= 0.3 is 0 Å². The number of carbonyl (C=O) groups is 2. The molecule has 0 fully saturated rings. The van der Waals surface area contributed by atoms with E-state index in [9.17, 15) is 9.59 Å². The van der Waals surface area contributed by atoms with Crippen molar-refractivity contribution in [1.82, 2.24) is 24.6 Å². The van der Waals surface area contributed by atoms with Gasteiger partial charge in [-0.1, -0.05) is 47.1 Å². The lowest BCUT2D eigenvalue weighted by molar-refractivity contribution is 0.0949. The van der Waals surface area contributed by atoms with Crippen molar-refractivity contribution in [3.05, 3.63) is 112 Å². The second kappa shape index (κ2) is 11.5. The Morgan fingerprint density at radius 2 is 1.79 bits per heavy atom. The highest BCUT2D eigenvalue weighted by atomic mass is 35.5. The quantitative estimate of drug-likeness (QED) is 0.193. The van der Waals surface area contributed by atoms with Gasteiger partial charge in [0.2, 0.25) is 5.82 Å². The van der Waals surface area contributed by atoms with Gasteiger partial charge in [-0.2, -0.15) is 0 Å². The molecule has 212 valence electrons. The van der Waals surface area contributed by atoms with Gasteiger partial charge in [-0.15, -0.1) is 0 Å². The van der Waals surface area contributed by atoms with E-state index in [-0.39, 0.29) is 11.8 Å². The summed E-state index contributed by atoms with van der Waals surface area (Å²) >= 11 is 6.29. The van der Waals surface area contributed by atoms with Gasteiger partial charge < -0.3 is 24.3 Å². The molecular weight excluding hydrogens is 552 g/mol. The van der Waals surface area contributed by atoms with Crippen LogP contribution in [0.15, 0.2) is 83.5 Å². The Kier molecular flexibility index (Phi) is 7.50. The Morgan fingerprint density at radius 3 is 2.57 bits per heavy atom. The number of amides is 2. The predicted molar refractivity (Wildman–Crippen MR) is 163 cm³/mol. The first-order chi connectivity index (χ1) is 20.4.